The third-order valence-corrected chi connectivity index (χ3v) is 3.90. The number of aliphatic carboxylic acids is 1. The summed E-state index contributed by atoms with van der Waals surface area (Å²) in [7, 11) is 0. The average molecular weight is 288 g/mol. The van der Waals surface area contributed by atoms with Gasteiger partial charge in [-0.15, -0.1) is 11.8 Å². The van der Waals surface area contributed by atoms with E-state index in [2.05, 4.69) is 5.32 Å². The van der Waals surface area contributed by atoms with Gasteiger partial charge in [-0.2, -0.15) is 0 Å². The van der Waals surface area contributed by atoms with Gasteiger partial charge in [0.05, 0.1) is 12.3 Å². The van der Waals surface area contributed by atoms with Gasteiger partial charge in [0, 0.05) is 18.7 Å². The monoisotopic (exact) mass is 288 g/mol. The maximum absolute atomic E-state index is 11.9. The Balaban J connectivity index is 2.43. The van der Waals surface area contributed by atoms with Gasteiger partial charge in [-0.3, -0.25) is 14.4 Å². The van der Waals surface area contributed by atoms with Crippen LogP contribution in [-0.2, 0) is 14.4 Å². The van der Waals surface area contributed by atoms with Crippen molar-refractivity contribution in [3.8, 4) is 0 Å². The summed E-state index contributed by atoms with van der Waals surface area (Å²) >= 11 is 1.55. The lowest BCUT2D eigenvalue weighted by molar-refractivity contribution is -0.139. The molecule has 0 aromatic carbocycles. The maximum Gasteiger partial charge on any atom is 0.305 e. The van der Waals surface area contributed by atoms with E-state index in [9.17, 15) is 14.4 Å². The van der Waals surface area contributed by atoms with E-state index in [-0.39, 0.29) is 24.8 Å². The highest BCUT2D eigenvalue weighted by Crippen LogP contribution is 2.22. The molecule has 1 heterocycles. The summed E-state index contributed by atoms with van der Waals surface area (Å²) in [6.45, 7) is 2.12. The molecule has 1 atom stereocenters. The molecule has 19 heavy (non-hydrogen) atoms. The number of amides is 2. The number of carboxylic acids is 1. The number of thioether (sulfide) groups is 1. The van der Waals surface area contributed by atoms with Crippen LogP contribution in [0.2, 0.25) is 0 Å². The summed E-state index contributed by atoms with van der Waals surface area (Å²) in [5.41, 5.74) is 0. The smallest absolute Gasteiger partial charge is 0.305 e. The number of nitrogens with one attached hydrogen (secondary N) is 1. The molecule has 0 bridgehead atoms. The van der Waals surface area contributed by atoms with Gasteiger partial charge < -0.3 is 15.3 Å². The second kappa shape index (κ2) is 8.04. The first-order valence-corrected chi connectivity index (χ1v) is 7.58. The zero-order valence-corrected chi connectivity index (χ0v) is 11.9. The Bertz CT molecular complexity index is 349. The van der Waals surface area contributed by atoms with E-state index in [1.807, 2.05) is 6.92 Å². The first-order chi connectivity index (χ1) is 9.06. The van der Waals surface area contributed by atoms with Gasteiger partial charge in [0.1, 0.15) is 6.04 Å². The normalized spacial score (nSPS) is 18.4. The van der Waals surface area contributed by atoms with Gasteiger partial charge in [0.2, 0.25) is 11.8 Å². The zero-order chi connectivity index (χ0) is 14.3. The van der Waals surface area contributed by atoms with Crippen LogP contribution in [0.3, 0.4) is 0 Å². The number of hydrogen-bond acceptors (Lipinski definition) is 4. The Morgan fingerprint density at radius 1 is 1.37 bits per heavy atom. The Kier molecular flexibility index (Phi) is 6.69. The standard InChI is InChI=1S/C12H20N2O4S/c1-2-3-4-10(15)14-8-19-7-9(14)12(18)13-6-5-11(16)17/h9H,2-8H2,1H3,(H,13,18)(H,16,17). The summed E-state index contributed by atoms with van der Waals surface area (Å²) in [4.78, 5) is 35.8. The van der Waals surface area contributed by atoms with E-state index >= 15 is 0 Å². The van der Waals surface area contributed by atoms with Crippen molar-refractivity contribution >= 4 is 29.5 Å². The van der Waals surface area contributed by atoms with Crippen molar-refractivity contribution in [2.24, 2.45) is 0 Å². The molecule has 0 spiro atoms. The van der Waals surface area contributed by atoms with Crippen LogP contribution in [0.25, 0.3) is 0 Å². The molecule has 1 aliphatic heterocycles. The van der Waals surface area contributed by atoms with E-state index < -0.39 is 12.0 Å². The topological polar surface area (TPSA) is 86.7 Å². The Hall–Kier alpha value is -1.24. The molecule has 1 rings (SSSR count). The summed E-state index contributed by atoms with van der Waals surface area (Å²) in [5.74, 6) is -0.0746. The van der Waals surface area contributed by atoms with Crippen molar-refractivity contribution in [3.05, 3.63) is 0 Å². The van der Waals surface area contributed by atoms with Crippen molar-refractivity contribution < 1.29 is 19.5 Å². The quantitative estimate of drug-likeness (QED) is 0.719. The average Bonchev–Trinajstić information content (AvgIpc) is 2.84. The number of rotatable bonds is 7. The van der Waals surface area contributed by atoms with E-state index in [1.54, 1.807) is 16.7 Å². The minimum absolute atomic E-state index is 0.00485. The van der Waals surface area contributed by atoms with Gasteiger partial charge in [-0.25, -0.2) is 0 Å². The lowest BCUT2D eigenvalue weighted by atomic mass is 10.2. The largest absolute Gasteiger partial charge is 0.481 e. The molecule has 6 nitrogen and oxygen atoms in total. The van der Waals surface area contributed by atoms with Crippen molar-refractivity contribution in [1.29, 1.82) is 0 Å². The number of unbranched alkanes of at least 4 members (excludes halogenated alkanes) is 1. The first-order valence-electron chi connectivity index (χ1n) is 6.43. The van der Waals surface area contributed by atoms with Gasteiger partial charge >= 0.3 is 5.97 Å². The van der Waals surface area contributed by atoms with Crippen molar-refractivity contribution in [2.75, 3.05) is 18.2 Å². The van der Waals surface area contributed by atoms with Gasteiger partial charge in [0.25, 0.3) is 0 Å². The molecule has 0 aromatic rings. The zero-order valence-electron chi connectivity index (χ0n) is 11.1. The lowest BCUT2D eigenvalue weighted by Crippen LogP contribution is -2.47. The van der Waals surface area contributed by atoms with E-state index in [0.717, 1.165) is 12.8 Å². The Morgan fingerprint density at radius 2 is 2.11 bits per heavy atom. The van der Waals surface area contributed by atoms with Crippen molar-refractivity contribution in [3.63, 3.8) is 0 Å². The third-order valence-electron chi connectivity index (χ3n) is 2.89. The second-order valence-electron chi connectivity index (χ2n) is 4.42. The van der Waals surface area contributed by atoms with Crippen LogP contribution in [0.1, 0.15) is 32.6 Å². The summed E-state index contributed by atoms with van der Waals surface area (Å²) in [6, 6.07) is -0.455. The molecular weight excluding hydrogens is 268 g/mol. The van der Waals surface area contributed by atoms with Crippen LogP contribution in [-0.4, -0.2) is 52.0 Å². The van der Waals surface area contributed by atoms with E-state index in [0.29, 0.717) is 18.1 Å². The predicted octanol–water partition coefficient (Wildman–Crippen LogP) is 0.669. The molecule has 2 amide bonds. The Labute approximate surface area is 116 Å². The lowest BCUT2D eigenvalue weighted by Gasteiger charge is -2.22. The highest BCUT2D eigenvalue weighted by atomic mass is 32.2. The number of carboxylic acid groups (broad SMARTS) is 1. The molecule has 108 valence electrons. The fourth-order valence-electron chi connectivity index (χ4n) is 1.79. The van der Waals surface area contributed by atoms with Crippen LogP contribution in [0.5, 0.6) is 0 Å². The molecule has 0 aromatic heterocycles. The predicted molar refractivity (Wildman–Crippen MR) is 72.7 cm³/mol. The number of carbonyl (C=O) groups excluding carboxylic acids is 2. The van der Waals surface area contributed by atoms with Crippen molar-refractivity contribution in [2.45, 2.75) is 38.6 Å². The Morgan fingerprint density at radius 3 is 2.74 bits per heavy atom. The minimum Gasteiger partial charge on any atom is -0.481 e. The van der Waals surface area contributed by atoms with Gasteiger partial charge in [-0.1, -0.05) is 13.3 Å². The fraction of sp³-hybridized carbons (Fsp3) is 0.750. The highest BCUT2D eigenvalue weighted by molar-refractivity contribution is 7.99. The molecule has 0 radical (unpaired) electrons. The number of nitrogens with zero attached hydrogens (tertiary/aromatic N) is 1. The van der Waals surface area contributed by atoms with Gasteiger partial charge in [-0.05, 0) is 6.42 Å². The minimum atomic E-state index is -0.947. The third kappa shape index (κ3) is 5.10. The van der Waals surface area contributed by atoms with Crippen LogP contribution in [0.4, 0.5) is 0 Å². The van der Waals surface area contributed by atoms with Crippen LogP contribution < -0.4 is 5.32 Å². The fourth-order valence-corrected chi connectivity index (χ4v) is 2.97. The molecule has 1 aliphatic rings. The molecule has 1 saturated heterocycles. The second-order valence-corrected chi connectivity index (χ2v) is 5.42. The molecule has 1 fully saturated rings. The van der Waals surface area contributed by atoms with Crippen LogP contribution in [0.15, 0.2) is 0 Å². The number of carbonyl (C=O) groups is 3. The van der Waals surface area contributed by atoms with Crippen LogP contribution >= 0.6 is 11.8 Å². The molecular formula is C12H20N2O4S. The molecule has 1 unspecified atom stereocenters. The summed E-state index contributed by atoms with van der Waals surface area (Å²) in [5, 5.41) is 11.1. The highest BCUT2D eigenvalue weighted by Gasteiger charge is 2.33. The van der Waals surface area contributed by atoms with Crippen molar-refractivity contribution in [1.82, 2.24) is 10.2 Å². The van der Waals surface area contributed by atoms with Gasteiger partial charge in [0.15, 0.2) is 0 Å². The molecule has 0 aliphatic carbocycles. The molecule has 7 heteroatoms. The SMILES string of the molecule is CCCCC(=O)N1CSCC1C(=O)NCCC(=O)O. The number of hydrogen-bond donors (Lipinski definition) is 2. The molecule has 0 saturated carbocycles. The first kappa shape index (κ1) is 15.8. The molecule has 2 N–H and O–H groups in total. The van der Waals surface area contributed by atoms with Crippen LogP contribution in [0, 0.1) is 0 Å². The summed E-state index contributed by atoms with van der Waals surface area (Å²) in [6.07, 6.45) is 2.14. The summed E-state index contributed by atoms with van der Waals surface area (Å²) < 4.78 is 0. The van der Waals surface area contributed by atoms with E-state index in [1.165, 1.54) is 0 Å². The maximum atomic E-state index is 11.9. The van der Waals surface area contributed by atoms with E-state index in [4.69, 9.17) is 5.11 Å².